The number of nitro benzene ring substituents is 1. The molecule has 1 aromatic carbocycles. The number of nitrogens with zero attached hydrogens (tertiary/aromatic N) is 1. The van der Waals surface area contributed by atoms with Gasteiger partial charge >= 0.3 is 6.18 Å². The summed E-state index contributed by atoms with van der Waals surface area (Å²) < 4.78 is 61.0. The Labute approximate surface area is 112 Å². The van der Waals surface area contributed by atoms with Crippen LogP contribution < -0.4 is 4.72 Å². The molecule has 1 N–H and O–H groups in total. The maximum atomic E-state index is 11.9. The highest BCUT2D eigenvalue weighted by molar-refractivity contribution is 7.89. The second kappa shape index (κ2) is 6.18. The van der Waals surface area contributed by atoms with Crippen LogP contribution in [0.25, 0.3) is 0 Å². The molecule has 6 nitrogen and oxygen atoms in total. The third-order valence-corrected chi connectivity index (χ3v) is 3.76. The maximum Gasteiger partial charge on any atom is 0.389 e. The van der Waals surface area contributed by atoms with Crippen molar-refractivity contribution in [2.45, 2.75) is 23.9 Å². The number of hydrogen-bond donors (Lipinski definition) is 1. The van der Waals surface area contributed by atoms with Gasteiger partial charge in [-0.2, -0.15) is 13.2 Å². The molecule has 0 spiro atoms. The first-order valence-corrected chi connectivity index (χ1v) is 6.91. The maximum absolute atomic E-state index is 11.9. The summed E-state index contributed by atoms with van der Waals surface area (Å²) in [5.41, 5.74) is -0.277. The molecule has 0 bridgehead atoms. The molecule has 0 radical (unpaired) electrons. The number of alkyl halides is 3. The van der Waals surface area contributed by atoms with Gasteiger partial charge in [-0.1, -0.05) is 0 Å². The fraction of sp³-hybridized carbons (Fsp3) is 0.400. The van der Waals surface area contributed by atoms with Gasteiger partial charge in [-0.3, -0.25) is 10.1 Å². The topological polar surface area (TPSA) is 89.3 Å². The molecule has 0 fully saturated rings. The van der Waals surface area contributed by atoms with E-state index in [9.17, 15) is 31.7 Å². The van der Waals surface area contributed by atoms with Gasteiger partial charge in [0, 0.05) is 25.1 Å². The van der Waals surface area contributed by atoms with Gasteiger partial charge in [0.25, 0.3) is 5.69 Å². The molecule has 112 valence electrons. The summed E-state index contributed by atoms with van der Waals surface area (Å²) in [6.07, 6.45) is -5.80. The quantitative estimate of drug-likeness (QED) is 0.495. The van der Waals surface area contributed by atoms with E-state index in [1.54, 1.807) is 0 Å². The van der Waals surface area contributed by atoms with Crippen molar-refractivity contribution in [1.29, 1.82) is 0 Å². The summed E-state index contributed by atoms with van der Waals surface area (Å²) in [7, 11) is -3.96. The fourth-order valence-corrected chi connectivity index (χ4v) is 2.40. The molecule has 1 aromatic rings. The molecule has 0 aliphatic heterocycles. The molecule has 0 heterocycles. The van der Waals surface area contributed by atoms with E-state index < -0.39 is 27.5 Å². The van der Waals surface area contributed by atoms with Crippen molar-refractivity contribution >= 4 is 15.7 Å². The minimum atomic E-state index is -4.33. The lowest BCUT2D eigenvalue weighted by Gasteiger charge is -2.08. The Bertz CT molecular complexity index is 569. The van der Waals surface area contributed by atoms with Gasteiger partial charge in [0.2, 0.25) is 10.0 Å². The first kappa shape index (κ1) is 16.4. The van der Waals surface area contributed by atoms with Crippen molar-refractivity contribution in [1.82, 2.24) is 4.72 Å². The first-order valence-electron chi connectivity index (χ1n) is 5.43. The van der Waals surface area contributed by atoms with E-state index in [-0.39, 0.29) is 23.5 Å². The summed E-state index contributed by atoms with van der Waals surface area (Å²) in [5.74, 6) is 0. The number of nitrogens with one attached hydrogen (secondary N) is 1. The van der Waals surface area contributed by atoms with Crippen molar-refractivity contribution in [2.24, 2.45) is 0 Å². The average molecular weight is 312 g/mol. The number of nitro groups is 1. The highest BCUT2D eigenvalue weighted by Crippen LogP contribution is 2.21. The molecule has 10 heteroatoms. The van der Waals surface area contributed by atoms with Crippen molar-refractivity contribution in [3.63, 3.8) is 0 Å². The van der Waals surface area contributed by atoms with Crippen molar-refractivity contribution in [3.05, 3.63) is 34.4 Å². The molecule has 20 heavy (non-hydrogen) atoms. The van der Waals surface area contributed by atoms with E-state index in [0.29, 0.717) is 0 Å². The zero-order valence-electron chi connectivity index (χ0n) is 10.1. The van der Waals surface area contributed by atoms with Gasteiger partial charge in [0.15, 0.2) is 0 Å². The van der Waals surface area contributed by atoms with Crippen molar-refractivity contribution in [3.8, 4) is 0 Å². The molecule has 0 aliphatic rings. The summed E-state index contributed by atoms with van der Waals surface area (Å²) in [6, 6.07) is 4.04. The average Bonchev–Trinajstić information content (AvgIpc) is 2.34. The highest BCUT2D eigenvalue weighted by atomic mass is 32.2. The summed E-state index contributed by atoms with van der Waals surface area (Å²) in [4.78, 5) is 9.47. The van der Waals surface area contributed by atoms with Gasteiger partial charge in [-0.15, -0.1) is 0 Å². The van der Waals surface area contributed by atoms with Gasteiger partial charge in [-0.05, 0) is 18.6 Å². The Morgan fingerprint density at radius 3 is 2.20 bits per heavy atom. The van der Waals surface area contributed by atoms with E-state index in [1.807, 2.05) is 4.72 Å². The molecule has 0 amide bonds. The standard InChI is InChI=1S/C10H11F3N2O4S/c11-10(12,13)6-1-7-14-20(18,19)9-4-2-8(3-5-9)15(16)17/h2-5,14H,1,6-7H2. The summed E-state index contributed by atoms with van der Waals surface area (Å²) in [6.45, 7) is -0.362. The van der Waals surface area contributed by atoms with Crippen LogP contribution in [-0.2, 0) is 10.0 Å². The van der Waals surface area contributed by atoms with E-state index in [0.717, 1.165) is 24.3 Å². The van der Waals surface area contributed by atoms with Crippen molar-refractivity contribution < 1.29 is 26.5 Å². The molecule has 0 unspecified atom stereocenters. The van der Waals surface area contributed by atoms with Crippen LogP contribution in [-0.4, -0.2) is 26.1 Å². The molecule has 0 aromatic heterocycles. The first-order chi connectivity index (χ1) is 9.12. The highest BCUT2D eigenvalue weighted by Gasteiger charge is 2.26. The lowest BCUT2D eigenvalue weighted by Crippen LogP contribution is -2.25. The summed E-state index contributed by atoms with van der Waals surface area (Å²) >= 11 is 0. The van der Waals surface area contributed by atoms with Crippen LogP contribution in [0.3, 0.4) is 0 Å². The predicted molar refractivity (Wildman–Crippen MR) is 63.6 cm³/mol. The zero-order valence-corrected chi connectivity index (χ0v) is 10.9. The van der Waals surface area contributed by atoms with Crippen LogP contribution in [0.2, 0.25) is 0 Å². The lowest BCUT2D eigenvalue weighted by molar-refractivity contribution is -0.384. The van der Waals surface area contributed by atoms with Gasteiger partial charge in [0.1, 0.15) is 0 Å². The van der Waals surface area contributed by atoms with Crippen LogP contribution in [0, 0.1) is 10.1 Å². The van der Waals surface area contributed by atoms with Crippen LogP contribution in [0.1, 0.15) is 12.8 Å². The molecule has 0 atom stereocenters. The third-order valence-electron chi connectivity index (χ3n) is 2.29. The van der Waals surface area contributed by atoms with E-state index in [2.05, 4.69) is 0 Å². The minimum Gasteiger partial charge on any atom is -0.258 e. The van der Waals surface area contributed by atoms with Crippen LogP contribution in [0.4, 0.5) is 18.9 Å². The van der Waals surface area contributed by atoms with Gasteiger partial charge < -0.3 is 0 Å². The number of benzene rings is 1. The Morgan fingerprint density at radius 2 is 1.75 bits per heavy atom. The SMILES string of the molecule is O=[N+]([O-])c1ccc(S(=O)(=O)NCCCC(F)(F)F)cc1. The second-order valence-corrected chi connectivity index (χ2v) is 5.63. The monoisotopic (exact) mass is 312 g/mol. The molecule has 0 saturated carbocycles. The second-order valence-electron chi connectivity index (χ2n) is 3.87. The number of halogens is 3. The van der Waals surface area contributed by atoms with E-state index >= 15 is 0 Å². The van der Waals surface area contributed by atoms with Crippen LogP contribution in [0.15, 0.2) is 29.2 Å². The Hall–Kier alpha value is -1.68. The normalized spacial score (nSPS) is 12.3. The van der Waals surface area contributed by atoms with E-state index in [1.165, 1.54) is 0 Å². The third kappa shape index (κ3) is 5.13. The molecule has 0 saturated heterocycles. The molecule has 0 aliphatic carbocycles. The lowest BCUT2D eigenvalue weighted by atomic mass is 10.3. The predicted octanol–water partition coefficient (Wildman–Crippen LogP) is 2.22. The van der Waals surface area contributed by atoms with Crippen LogP contribution in [0.5, 0.6) is 0 Å². The minimum absolute atomic E-state index is 0.241. The molecular formula is C10H11F3N2O4S. The number of sulfonamides is 1. The smallest absolute Gasteiger partial charge is 0.258 e. The van der Waals surface area contributed by atoms with Crippen molar-refractivity contribution in [2.75, 3.05) is 6.54 Å². The number of hydrogen-bond acceptors (Lipinski definition) is 4. The number of non-ortho nitro benzene ring substituents is 1. The van der Waals surface area contributed by atoms with E-state index in [4.69, 9.17) is 0 Å². The fourth-order valence-electron chi connectivity index (χ4n) is 1.33. The summed E-state index contributed by atoms with van der Waals surface area (Å²) in [5, 5.41) is 10.4. The Morgan fingerprint density at radius 1 is 1.20 bits per heavy atom. The Kier molecular flexibility index (Phi) is 5.06. The largest absolute Gasteiger partial charge is 0.389 e. The molecule has 1 rings (SSSR count). The van der Waals surface area contributed by atoms with Crippen LogP contribution >= 0.6 is 0 Å². The Balaban J connectivity index is 2.62. The number of rotatable bonds is 6. The molecular weight excluding hydrogens is 301 g/mol. The van der Waals surface area contributed by atoms with Gasteiger partial charge in [0.05, 0.1) is 9.82 Å². The zero-order chi connectivity index (χ0) is 15.4. The van der Waals surface area contributed by atoms with Gasteiger partial charge in [-0.25, -0.2) is 13.1 Å².